The highest BCUT2D eigenvalue weighted by Crippen LogP contribution is 2.34. The number of anilines is 1. The maximum absolute atomic E-state index is 13.6. The van der Waals surface area contributed by atoms with E-state index in [9.17, 15) is 14.4 Å². The predicted molar refractivity (Wildman–Crippen MR) is 175 cm³/mol. The van der Waals surface area contributed by atoms with Crippen LogP contribution in [-0.2, 0) is 32.0 Å². The van der Waals surface area contributed by atoms with Crippen molar-refractivity contribution in [3.05, 3.63) is 47.8 Å². The molecule has 1 aromatic carbocycles. The number of benzene rings is 1. The lowest BCUT2D eigenvalue weighted by Crippen LogP contribution is -2.45. The van der Waals surface area contributed by atoms with Crippen molar-refractivity contribution < 1.29 is 38.1 Å². The molecule has 0 unspecified atom stereocenters. The molecule has 0 saturated heterocycles. The first-order valence-corrected chi connectivity index (χ1v) is 16.2. The van der Waals surface area contributed by atoms with Crippen LogP contribution in [0.15, 0.2) is 36.5 Å². The Morgan fingerprint density at radius 1 is 1.02 bits per heavy atom. The molecule has 0 atom stereocenters. The fraction of sp³-hybridized carbons (Fsp3) is 0.514. The molecule has 1 fully saturated rings. The largest absolute Gasteiger partial charge is 0.486 e. The number of aromatic nitrogens is 2. The third-order valence-electron chi connectivity index (χ3n) is 8.25. The Kier molecular flexibility index (Phi) is 10.7. The van der Waals surface area contributed by atoms with E-state index in [2.05, 4.69) is 15.3 Å². The summed E-state index contributed by atoms with van der Waals surface area (Å²) in [6.07, 6.45) is 4.37. The van der Waals surface area contributed by atoms with Gasteiger partial charge in [0.2, 0.25) is 11.8 Å². The first-order valence-electron chi connectivity index (χ1n) is 16.2. The molecule has 12 nitrogen and oxygen atoms in total. The van der Waals surface area contributed by atoms with Gasteiger partial charge in [-0.3, -0.25) is 19.5 Å². The summed E-state index contributed by atoms with van der Waals surface area (Å²) >= 11 is 0. The number of aryl methyl sites for hydroxylation is 1. The van der Waals surface area contributed by atoms with Gasteiger partial charge in [0, 0.05) is 35.9 Å². The molecule has 5 rings (SSSR count). The highest BCUT2D eigenvalue weighted by atomic mass is 16.6. The number of fused-ring (bicyclic) bond motifs is 2. The van der Waals surface area contributed by atoms with E-state index in [1.165, 1.54) is 0 Å². The molecule has 2 aromatic heterocycles. The first kappa shape index (κ1) is 33.7. The molecular weight excluding hydrogens is 604 g/mol. The molecule has 1 aliphatic heterocycles. The summed E-state index contributed by atoms with van der Waals surface area (Å²) in [5.74, 6) is 1.00. The van der Waals surface area contributed by atoms with Crippen LogP contribution in [0.3, 0.4) is 0 Å². The highest BCUT2D eigenvalue weighted by molar-refractivity contribution is 6.02. The van der Waals surface area contributed by atoms with E-state index in [0.29, 0.717) is 86.2 Å². The van der Waals surface area contributed by atoms with E-state index in [1.807, 2.05) is 39.0 Å². The van der Waals surface area contributed by atoms with Gasteiger partial charge >= 0.3 is 12.1 Å². The minimum Gasteiger partial charge on any atom is -0.486 e. The van der Waals surface area contributed by atoms with Gasteiger partial charge in [0.05, 0.1) is 43.4 Å². The SMILES string of the molecule is CCOC(=O)CCc1ccc(NC(=O)C2CCC(N(Cc3cc4c(cn3)OCCO4)C(=O)OC(C)(C)C)CC2)c2nc(OC)ccc12. The second-order valence-corrected chi connectivity index (χ2v) is 12.7. The van der Waals surface area contributed by atoms with E-state index >= 15 is 0 Å². The van der Waals surface area contributed by atoms with E-state index in [0.717, 1.165) is 10.9 Å². The van der Waals surface area contributed by atoms with Crippen LogP contribution in [0.1, 0.15) is 71.1 Å². The smallest absolute Gasteiger partial charge is 0.410 e. The van der Waals surface area contributed by atoms with Crippen molar-refractivity contribution in [3.63, 3.8) is 0 Å². The molecule has 1 N–H and O–H groups in total. The molecule has 1 saturated carbocycles. The number of hydrogen-bond donors (Lipinski definition) is 1. The summed E-state index contributed by atoms with van der Waals surface area (Å²) in [5, 5.41) is 3.93. The maximum atomic E-state index is 13.6. The van der Waals surface area contributed by atoms with Gasteiger partial charge in [-0.25, -0.2) is 9.78 Å². The lowest BCUT2D eigenvalue weighted by Gasteiger charge is -2.37. The zero-order valence-electron chi connectivity index (χ0n) is 27.8. The van der Waals surface area contributed by atoms with Crippen molar-refractivity contribution in [1.29, 1.82) is 0 Å². The number of nitrogens with one attached hydrogen (secondary N) is 1. The number of rotatable bonds is 10. The Morgan fingerprint density at radius 2 is 1.77 bits per heavy atom. The van der Waals surface area contributed by atoms with Gasteiger partial charge in [0.15, 0.2) is 11.5 Å². The zero-order valence-corrected chi connectivity index (χ0v) is 27.8. The van der Waals surface area contributed by atoms with Crippen molar-refractivity contribution in [2.45, 2.75) is 84.4 Å². The summed E-state index contributed by atoms with van der Waals surface area (Å²) in [5.41, 5.74) is 2.10. The maximum Gasteiger partial charge on any atom is 0.410 e. The first-order chi connectivity index (χ1) is 22.5. The number of pyridine rings is 2. The average molecular weight is 649 g/mol. The summed E-state index contributed by atoms with van der Waals surface area (Å²) in [6, 6.07) is 9.07. The third-order valence-corrected chi connectivity index (χ3v) is 8.25. The van der Waals surface area contributed by atoms with Gasteiger partial charge in [-0.2, -0.15) is 0 Å². The van der Waals surface area contributed by atoms with Crippen LogP contribution in [0.2, 0.25) is 0 Å². The fourth-order valence-corrected chi connectivity index (χ4v) is 5.96. The van der Waals surface area contributed by atoms with Crippen molar-refractivity contribution in [1.82, 2.24) is 14.9 Å². The Labute approximate surface area is 275 Å². The second-order valence-electron chi connectivity index (χ2n) is 12.7. The van der Waals surface area contributed by atoms with Crippen LogP contribution in [-0.4, -0.2) is 71.4 Å². The number of esters is 1. The van der Waals surface area contributed by atoms with Crippen molar-refractivity contribution in [2.75, 3.05) is 32.2 Å². The van der Waals surface area contributed by atoms with Gasteiger partial charge < -0.3 is 29.0 Å². The molecule has 0 radical (unpaired) electrons. The number of nitrogens with zero attached hydrogens (tertiary/aromatic N) is 3. The molecule has 252 valence electrons. The van der Waals surface area contributed by atoms with Crippen LogP contribution in [0.4, 0.5) is 10.5 Å². The van der Waals surface area contributed by atoms with Crippen LogP contribution in [0, 0.1) is 5.92 Å². The average Bonchev–Trinajstić information content (AvgIpc) is 3.06. The number of hydrogen-bond acceptors (Lipinski definition) is 10. The summed E-state index contributed by atoms with van der Waals surface area (Å²) in [6.45, 7) is 8.81. The molecule has 0 spiro atoms. The molecule has 47 heavy (non-hydrogen) atoms. The van der Waals surface area contributed by atoms with Gasteiger partial charge in [0.25, 0.3) is 0 Å². The summed E-state index contributed by atoms with van der Waals surface area (Å²) in [7, 11) is 1.54. The third kappa shape index (κ3) is 8.60. The molecule has 2 aliphatic rings. The van der Waals surface area contributed by atoms with E-state index < -0.39 is 11.7 Å². The lowest BCUT2D eigenvalue weighted by molar-refractivity contribution is -0.143. The quantitative estimate of drug-likeness (QED) is 0.267. The Balaban J connectivity index is 1.28. The van der Waals surface area contributed by atoms with Crippen LogP contribution < -0.4 is 19.5 Å². The monoisotopic (exact) mass is 648 g/mol. The topological polar surface area (TPSA) is 138 Å². The van der Waals surface area contributed by atoms with Crippen LogP contribution >= 0.6 is 0 Å². The van der Waals surface area contributed by atoms with Gasteiger partial charge in [-0.1, -0.05) is 6.07 Å². The minimum atomic E-state index is -0.666. The molecular formula is C35H44N4O8. The number of ether oxygens (including phenoxy) is 5. The fourth-order valence-electron chi connectivity index (χ4n) is 5.96. The molecule has 2 amide bonds. The summed E-state index contributed by atoms with van der Waals surface area (Å²) < 4.78 is 27.6. The molecule has 12 heteroatoms. The van der Waals surface area contributed by atoms with E-state index in [-0.39, 0.29) is 36.8 Å². The minimum absolute atomic E-state index is 0.106. The predicted octanol–water partition coefficient (Wildman–Crippen LogP) is 5.84. The Bertz CT molecular complexity index is 1600. The van der Waals surface area contributed by atoms with Gasteiger partial charge in [-0.15, -0.1) is 0 Å². The Hall–Kier alpha value is -4.61. The second kappa shape index (κ2) is 14.9. The zero-order chi connectivity index (χ0) is 33.6. The van der Waals surface area contributed by atoms with E-state index in [4.69, 9.17) is 23.7 Å². The lowest BCUT2D eigenvalue weighted by atomic mass is 9.84. The number of carbonyl (C=O) groups is 3. The van der Waals surface area contributed by atoms with E-state index in [1.54, 1.807) is 37.3 Å². The normalized spacial score (nSPS) is 17.5. The highest BCUT2D eigenvalue weighted by Gasteiger charge is 2.34. The van der Waals surface area contributed by atoms with Gasteiger partial charge in [-0.05, 0) is 77.5 Å². The standard InChI is InChI=1S/C35H44N4O8/c1-6-44-31(40)16-10-22-9-14-27(32-26(22)13-15-30(38-32)43-5)37-33(41)23-7-11-25(12-8-23)39(34(42)47-35(2,3)4)21-24-19-28-29(20-36-24)46-18-17-45-28/h9,13-15,19-20,23,25H,6-8,10-12,16-18,21H2,1-5H3,(H,37,41). The van der Waals surface area contributed by atoms with Crippen molar-refractivity contribution in [2.24, 2.45) is 5.92 Å². The molecule has 0 bridgehead atoms. The van der Waals surface area contributed by atoms with Crippen molar-refractivity contribution in [3.8, 4) is 17.4 Å². The number of carbonyl (C=O) groups excluding carboxylic acids is 3. The number of amides is 2. The molecule has 3 heterocycles. The summed E-state index contributed by atoms with van der Waals surface area (Å²) in [4.78, 5) is 49.9. The molecule has 1 aliphatic carbocycles. The van der Waals surface area contributed by atoms with Gasteiger partial charge in [0.1, 0.15) is 18.8 Å². The molecule has 3 aromatic rings. The van der Waals surface area contributed by atoms with Crippen LogP contribution in [0.25, 0.3) is 10.9 Å². The number of methoxy groups -OCH3 is 1. The van der Waals surface area contributed by atoms with Crippen LogP contribution in [0.5, 0.6) is 17.4 Å². The van der Waals surface area contributed by atoms with Crippen molar-refractivity contribution >= 4 is 34.6 Å². The Morgan fingerprint density at radius 3 is 2.47 bits per heavy atom.